The van der Waals surface area contributed by atoms with Gasteiger partial charge in [-0.2, -0.15) is 4.31 Å². The second kappa shape index (κ2) is 17.1. The van der Waals surface area contributed by atoms with Gasteiger partial charge in [-0.15, -0.1) is 0 Å². The lowest BCUT2D eigenvalue weighted by Gasteiger charge is -2.19. The van der Waals surface area contributed by atoms with Crippen LogP contribution in [0.25, 0.3) is 0 Å². The van der Waals surface area contributed by atoms with Crippen LogP contribution in [0.5, 0.6) is 11.5 Å². The Kier molecular flexibility index (Phi) is 14.6. The van der Waals surface area contributed by atoms with Crippen LogP contribution in [0.15, 0.2) is 48.5 Å². The van der Waals surface area contributed by atoms with Gasteiger partial charge in [-0.1, -0.05) is 114 Å². The number of phosphoric ester groups is 2. The van der Waals surface area contributed by atoms with E-state index in [2.05, 4.69) is 18.2 Å². The van der Waals surface area contributed by atoms with Crippen LogP contribution in [0.3, 0.4) is 0 Å². The van der Waals surface area contributed by atoms with Crippen molar-refractivity contribution in [3.05, 3.63) is 59.7 Å². The van der Waals surface area contributed by atoms with Gasteiger partial charge in [-0.25, -0.2) is 9.13 Å². The van der Waals surface area contributed by atoms with Crippen molar-refractivity contribution in [2.75, 3.05) is 0 Å². The molecule has 0 aromatic heterocycles. The normalized spacial score (nSPS) is 14.6. The smallest absolute Gasteiger partial charge is 0.404 e. The summed E-state index contributed by atoms with van der Waals surface area (Å²) in [5.41, 5.74) is 1.49. The van der Waals surface area contributed by atoms with E-state index in [0.29, 0.717) is 12.8 Å². The summed E-state index contributed by atoms with van der Waals surface area (Å²) in [4.78, 5) is 20.6. The van der Waals surface area contributed by atoms with Gasteiger partial charge < -0.3 is 9.05 Å². The number of rotatable bonds is 20. The fourth-order valence-electron chi connectivity index (χ4n) is 4.20. The van der Waals surface area contributed by atoms with Crippen molar-refractivity contribution in [2.45, 2.75) is 104 Å². The van der Waals surface area contributed by atoms with Crippen molar-refractivity contribution in [3.63, 3.8) is 0 Å². The predicted octanol–water partition coefficient (Wildman–Crippen LogP) is 9.17. The van der Waals surface area contributed by atoms with Crippen molar-refractivity contribution in [2.24, 2.45) is 0 Å². The molecule has 2 unspecified atom stereocenters. The molecule has 0 amide bonds. The van der Waals surface area contributed by atoms with E-state index >= 15 is 0 Å². The Morgan fingerprint density at radius 3 is 1.32 bits per heavy atom. The van der Waals surface area contributed by atoms with E-state index in [0.717, 1.165) is 49.7 Å². The average molecular weight is 555 g/mol. The van der Waals surface area contributed by atoms with Crippen LogP contribution in [-0.2, 0) is 26.3 Å². The lowest BCUT2D eigenvalue weighted by Crippen LogP contribution is -2.03. The maximum atomic E-state index is 12.7. The number of unbranched alkanes of at least 4 members (excludes halogenated alkanes) is 10. The van der Waals surface area contributed by atoms with Crippen LogP contribution >= 0.6 is 15.6 Å². The number of hydrogen-bond donors (Lipinski definition) is 2. The minimum Gasteiger partial charge on any atom is -0.404 e. The van der Waals surface area contributed by atoms with Crippen molar-refractivity contribution in [1.29, 1.82) is 0 Å². The molecule has 37 heavy (non-hydrogen) atoms. The molecular formula is C28H44O7P2. The van der Waals surface area contributed by atoms with E-state index in [1.165, 1.54) is 38.5 Å². The molecule has 208 valence electrons. The molecule has 2 rings (SSSR count). The van der Waals surface area contributed by atoms with Crippen LogP contribution in [-0.4, -0.2) is 9.79 Å². The molecular weight excluding hydrogens is 510 g/mol. The third kappa shape index (κ3) is 13.1. The van der Waals surface area contributed by atoms with Crippen LogP contribution in [0.2, 0.25) is 0 Å². The minimum absolute atomic E-state index is 0.158. The van der Waals surface area contributed by atoms with E-state index in [1.54, 1.807) is 24.3 Å². The number of hydrogen-bond acceptors (Lipinski definition) is 5. The van der Waals surface area contributed by atoms with Crippen LogP contribution in [0, 0.1) is 0 Å². The zero-order valence-corrected chi connectivity index (χ0v) is 24.1. The molecule has 0 fully saturated rings. The molecule has 2 aromatic carbocycles. The third-order valence-corrected chi connectivity index (χ3v) is 8.68. The quantitative estimate of drug-likeness (QED) is 0.124. The van der Waals surface area contributed by atoms with Gasteiger partial charge in [0, 0.05) is 0 Å². The highest BCUT2D eigenvalue weighted by Gasteiger charge is 2.38. The fourth-order valence-corrected chi connectivity index (χ4v) is 6.37. The first-order valence-electron chi connectivity index (χ1n) is 13.7. The Morgan fingerprint density at radius 2 is 0.919 bits per heavy atom. The van der Waals surface area contributed by atoms with Gasteiger partial charge in [-0.3, -0.25) is 9.79 Å². The zero-order chi connectivity index (χ0) is 27.0. The lowest BCUT2D eigenvalue weighted by atomic mass is 10.0. The second-order valence-electron chi connectivity index (χ2n) is 9.45. The van der Waals surface area contributed by atoms with Gasteiger partial charge in [0.05, 0.1) is 0 Å². The highest BCUT2D eigenvalue weighted by molar-refractivity contribution is 7.61. The van der Waals surface area contributed by atoms with E-state index in [9.17, 15) is 18.9 Å². The highest BCUT2D eigenvalue weighted by Crippen LogP contribution is 2.60. The van der Waals surface area contributed by atoms with Crippen LogP contribution in [0.4, 0.5) is 0 Å². The second-order valence-corrected chi connectivity index (χ2v) is 12.3. The first-order valence-corrected chi connectivity index (χ1v) is 16.7. The van der Waals surface area contributed by atoms with E-state index in [4.69, 9.17) is 9.05 Å². The van der Waals surface area contributed by atoms with Gasteiger partial charge in [0.1, 0.15) is 11.5 Å². The zero-order valence-electron chi connectivity index (χ0n) is 22.3. The standard InChI is InChI=1S/C28H44O7P2/c1-3-5-7-9-11-13-19-25-21-15-17-23-27(25)33-36(29,30)35-37(31,32)34-28-24-18-16-22-26(28)20-14-12-10-8-6-4-2/h15-18,21-24H,3-14,19-20H2,1-2H3,(H,29,30)(H,31,32). The summed E-state index contributed by atoms with van der Waals surface area (Å²) in [6.07, 6.45) is 14.8. The molecule has 0 aliphatic rings. The predicted molar refractivity (Wildman–Crippen MR) is 149 cm³/mol. The maximum absolute atomic E-state index is 12.7. The van der Waals surface area contributed by atoms with E-state index in [-0.39, 0.29) is 11.5 Å². The summed E-state index contributed by atoms with van der Waals surface area (Å²) < 4.78 is 40.4. The largest absolute Gasteiger partial charge is 0.537 e. The van der Waals surface area contributed by atoms with Gasteiger partial charge >= 0.3 is 15.6 Å². The average Bonchev–Trinajstić information content (AvgIpc) is 2.84. The van der Waals surface area contributed by atoms with Crippen molar-refractivity contribution >= 4 is 15.6 Å². The van der Waals surface area contributed by atoms with Crippen molar-refractivity contribution in [3.8, 4) is 11.5 Å². The van der Waals surface area contributed by atoms with Gasteiger partial charge in [0.2, 0.25) is 0 Å². The SMILES string of the molecule is CCCCCCCCc1ccccc1OP(=O)(O)OP(=O)(O)Oc1ccccc1CCCCCCCC. The molecule has 0 heterocycles. The Morgan fingerprint density at radius 1 is 0.568 bits per heavy atom. The molecule has 0 saturated carbocycles. The number of aryl methyl sites for hydroxylation is 2. The summed E-state index contributed by atoms with van der Waals surface area (Å²) >= 11 is 0. The monoisotopic (exact) mass is 554 g/mol. The van der Waals surface area contributed by atoms with Crippen LogP contribution in [0.1, 0.15) is 102 Å². The summed E-state index contributed by atoms with van der Waals surface area (Å²) in [5, 5.41) is 0. The molecule has 7 nitrogen and oxygen atoms in total. The highest BCUT2D eigenvalue weighted by atomic mass is 31.3. The molecule has 0 aliphatic heterocycles. The van der Waals surface area contributed by atoms with E-state index < -0.39 is 15.6 Å². The maximum Gasteiger partial charge on any atom is 0.537 e. The molecule has 0 spiro atoms. The van der Waals surface area contributed by atoms with Gasteiger partial charge in [0.25, 0.3) is 0 Å². The Labute approximate surface area is 222 Å². The summed E-state index contributed by atoms with van der Waals surface area (Å²) in [5.74, 6) is 0.315. The first kappa shape index (κ1) is 31.6. The molecule has 0 aliphatic carbocycles. The summed E-state index contributed by atoms with van der Waals surface area (Å²) in [6, 6.07) is 13.7. The number of phosphoric acid groups is 2. The molecule has 2 aromatic rings. The minimum atomic E-state index is -4.94. The molecule has 0 saturated heterocycles. The summed E-state index contributed by atoms with van der Waals surface area (Å²) in [6.45, 7) is 4.35. The van der Waals surface area contributed by atoms with Crippen LogP contribution < -0.4 is 9.05 Å². The van der Waals surface area contributed by atoms with Crippen molar-refractivity contribution in [1.82, 2.24) is 0 Å². The summed E-state index contributed by atoms with van der Waals surface area (Å²) in [7, 11) is -9.89. The number of para-hydroxylation sites is 2. The molecule has 0 radical (unpaired) electrons. The Hall–Kier alpha value is -1.62. The first-order chi connectivity index (χ1) is 17.8. The molecule has 2 N–H and O–H groups in total. The lowest BCUT2D eigenvalue weighted by molar-refractivity contribution is 0.233. The van der Waals surface area contributed by atoms with Gasteiger partial charge in [-0.05, 0) is 48.9 Å². The molecule has 0 bridgehead atoms. The fraction of sp³-hybridized carbons (Fsp3) is 0.571. The topological polar surface area (TPSA) is 102 Å². The van der Waals surface area contributed by atoms with E-state index in [1.807, 2.05) is 24.3 Å². The Balaban J connectivity index is 1.94. The third-order valence-electron chi connectivity index (χ3n) is 6.18. The van der Waals surface area contributed by atoms with Crippen molar-refractivity contribution < 1.29 is 32.3 Å². The van der Waals surface area contributed by atoms with Gasteiger partial charge in [0.15, 0.2) is 0 Å². The molecule has 9 heteroatoms. The molecule has 2 atom stereocenters. The Bertz CT molecular complexity index is 932. The number of benzene rings is 2.